The molecule has 0 aliphatic carbocycles. The molecule has 0 saturated heterocycles. The molecule has 12 heteroatoms. The quantitative estimate of drug-likeness (QED) is 0.0293. The summed E-state index contributed by atoms with van der Waals surface area (Å²) in [6, 6.07) is -0.723. The zero-order valence-corrected chi connectivity index (χ0v) is 51.3. The highest BCUT2D eigenvalue weighted by molar-refractivity contribution is 7.99. The summed E-state index contributed by atoms with van der Waals surface area (Å²) in [7, 11) is 0. The molecule has 1 unspecified atom stereocenters. The highest BCUT2D eigenvalue weighted by Gasteiger charge is 2.23. The number of hydrogen-bond acceptors (Lipinski definition) is 10. The van der Waals surface area contributed by atoms with Crippen LogP contribution in [0.25, 0.3) is 0 Å². The third kappa shape index (κ3) is 56.8. The molecule has 0 aliphatic rings. The van der Waals surface area contributed by atoms with E-state index in [1.807, 2.05) is 0 Å². The summed E-state index contributed by atoms with van der Waals surface area (Å²) in [6.07, 6.45) is 52.9. The highest BCUT2D eigenvalue weighted by atomic mass is 32.2. The molecule has 0 aliphatic heterocycles. The van der Waals surface area contributed by atoms with Gasteiger partial charge in [-0.15, -0.1) is 0 Å². The number of nitrogens with one attached hydrogen (secondary N) is 4. The zero-order valence-electron chi connectivity index (χ0n) is 50.5. The van der Waals surface area contributed by atoms with E-state index in [1.165, 1.54) is 204 Å². The van der Waals surface area contributed by atoms with Crippen LogP contribution in [0.5, 0.6) is 0 Å². The van der Waals surface area contributed by atoms with E-state index < -0.39 is 12.1 Å². The molecule has 0 bridgehead atoms. The van der Waals surface area contributed by atoms with Gasteiger partial charge >= 0.3 is 11.9 Å². The molecule has 76 heavy (non-hydrogen) atoms. The van der Waals surface area contributed by atoms with Crippen LogP contribution in [-0.2, 0) is 28.7 Å². The molecule has 0 radical (unpaired) electrons. The maximum absolute atomic E-state index is 13.7. The molecule has 450 valence electrons. The average Bonchev–Trinajstić information content (AvgIpc) is 3.41. The SMILES string of the molecule is CCCCCCCCCCCCCCCC(=O)N[C@@H](CSCC(COC(=O)CCCCCCCCCCCCCCC)OC(=O)CCCCCCCCCCCCCCC)C(=O)NCCCNCCCCNCCCN. The lowest BCUT2D eigenvalue weighted by Gasteiger charge is -2.21. The normalized spacial score (nSPS) is 12.2. The predicted octanol–water partition coefficient (Wildman–Crippen LogP) is 15.9. The number of rotatable bonds is 63. The highest BCUT2D eigenvalue weighted by Crippen LogP contribution is 2.18. The summed E-state index contributed by atoms with van der Waals surface area (Å²) < 4.78 is 11.7. The Morgan fingerprint density at radius 2 is 0.750 bits per heavy atom. The lowest BCUT2D eigenvalue weighted by atomic mass is 10.0. The minimum atomic E-state index is -0.723. The first-order valence-electron chi connectivity index (χ1n) is 33.0. The van der Waals surface area contributed by atoms with Crippen LogP contribution in [0.2, 0.25) is 0 Å². The van der Waals surface area contributed by atoms with E-state index in [0.29, 0.717) is 43.9 Å². The second-order valence-corrected chi connectivity index (χ2v) is 23.5. The van der Waals surface area contributed by atoms with E-state index >= 15 is 0 Å². The summed E-state index contributed by atoms with van der Waals surface area (Å²) in [5.74, 6) is -0.141. The second-order valence-electron chi connectivity index (χ2n) is 22.4. The predicted molar refractivity (Wildman–Crippen MR) is 327 cm³/mol. The first-order chi connectivity index (χ1) is 37.4. The third-order valence-electron chi connectivity index (χ3n) is 14.8. The van der Waals surface area contributed by atoms with E-state index in [-0.39, 0.29) is 30.4 Å². The van der Waals surface area contributed by atoms with Gasteiger partial charge in [0.2, 0.25) is 11.8 Å². The molecule has 0 rings (SSSR count). The van der Waals surface area contributed by atoms with E-state index in [4.69, 9.17) is 15.2 Å². The van der Waals surface area contributed by atoms with Gasteiger partial charge in [-0.1, -0.05) is 252 Å². The lowest BCUT2D eigenvalue weighted by molar-refractivity contribution is -0.157. The molecule has 2 atom stereocenters. The standard InChI is InChI=1S/C64H127N5O6S/c1-4-7-10-13-16-19-22-25-28-31-34-37-40-47-61(70)69-60(64(73)68-55-46-54-67-52-44-43-51-66-53-45-50-65)58-76-57-59(75-63(72)49-42-39-36-33-30-27-24-21-18-15-12-9-6-3)56-74-62(71)48-41-38-35-32-29-26-23-20-17-14-11-8-5-2/h59-60,66-67H,4-58,65H2,1-3H3,(H,68,73)(H,69,70)/t59?,60-/m0/s1. The van der Waals surface area contributed by atoms with E-state index in [1.54, 1.807) is 0 Å². The van der Waals surface area contributed by atoms with Crippen molar-refractivity contribution in [3.63, 3.8) is 0 Å². The number of unbranched alkanes of at least 4 members (excludes halogenated alkanes) is 37. The van der Waals surface area contributed by atoms with Crippen molar-refractivity contribution in [1.29, 1.82) is 0 Å². The fourth-order valence-corrected chi connectivity index (χ4v) is 10.8. The van der Waals surface area contributed by atoms with Crippen molar-refractivity contribution in [2.45, 2.75) is 328 Å². The Labute approximate surface area is 474 Å². The number of carbonyl (C=O) groups excluding carboxylic acids is 4. The molecular formula is C64H127N5O6S. The number of hydrogen-bond donors (Lipinski definition) is 5. The van der Waals surface area contributed by atoms with Crippen LogP contribution >= 0.6 is 11.8 Å². The second kappa shape index (κ2) is 62.3. The number of carbonyl (C=O) groups is 4. The summed E-state index contributed by atoms with van der Waals surface area (Å²) in [5, 5.41) is 13.0. The maximum atomic E-state index is 13.7. The van der Waals surface area contributed by atoms with Gasteiger partial charge < -0.3 is 36.5 Å². The van der Waals surface area contributed by atoms with Gasteiger partial charge in [0.25, 0.3) is 0 Å². The van der Waals surface area contributed by atoms with Crippen LogP contribution in [-0.4, -0.2) is 93.3 Å². The number of amides is 2. The van der Waals surface area contributed by atoms with E-state index in [0.717, 1.165) is 110 Å². The van der Waals surface area contributed by atoms with Crippen molar-refractivity contribution < 1.29 is 28.7 Å². The molecule has 0 aromatic rings. The summed E-state index contributed by atoms with van der Waals surface area (Å²) in [4.78, 5) is 53.1. The molecule has 0 aromatic heterocycles. The Hall–Kier alpha value is -1.89. The van der Waals surface area contributed by atoms with Gasteiger partial charge in [-0.3, -0.25) is 19.2 Å². The number of thioether (sulfide) groups is 1. The minimum absolute atomic E-state index is 0.00527. The molecule has 11 nitrogen and oxygen atoms in total. The Kier molecular flexibility index (Phi) is 60.8. The van der Waals surface area contributed by atoms with Gasteiger partial charge in [0.1, 0.15) is 18.8 Å². The molecule has 0 spiro atoms. The van der Waals surface area contributed by atoms with Crippen molar-refractivity contribution in [1.82, 2.24) is 21.3 Å². The molecular weight excluding hydrogens is 967 g/mol. The van der Waals surface area contributed by atoms with Crippen molar-refractivity contribution in [2.24, 2.45) is 5.73 Å². The van der Waals surface area contributed by atoms with Crippen molar-refractivity contribution >= 4 is 35.5 Å². The van der Waals surface area contributed by atoms with Crippen LogP contribution in [0, 0.1) is 0 Å². The van der Waals surface area contributed by atoms with Gasteiger partial charge in [0.05, 0.1) is 0 Å². The third-order valence-corrected chi connectivity index (χ3v) is 16.0. The van der Waals surface area contributed by atoms with Crippen molar-refractivity contribution in [3.05, 3.63) is 0 Å². The summed E-state index contributed by atoms with van der Waals surface area (Å²) in [5.41, 5.74) is 5.58. The molecule has 0 heterocycles. The Morgan fingerprint density at radius 3 is 1.16 bits per heavy atom. The largest absolute Gasteiger partial charge is 0.462 e. The van der Waals surface area contributed by atoms with Crippen LogP contribution in [0.4, 0.5) is 0 Å². The monoisotopic (exact) mass is 1090 g/mol. The lowest BCUT2D eigenvalue weighted by Crippen LogP contribution is -2.48. The van der Waals surface area contributed by atoms with Gasteiger partial charge in [-0.25, -0.2) is 0 Å². The van der Waals surface area contributed by atoms with Crippen molar-refractivity contribution in [3.8, 4) is 0 Å². The molecule has 0 saturated carbocycles. The smallest absolute Gasteiger partial charge is 0.306 e. The van der Waals surface area contributed by atoms with Crippen LogP contribution < -0.4 is 27.0 Å². The zero-order chi connectivity index (χ0) is 55.3. The van der Waals surface area contributed by atoms with Gasteiger partial charge in [-0.05, 0) is 77.7 Å². The maximum Gasteiger partial charge on any atom is 0.306 e. The first-order valence-corrected chi connectivity index (χ1v) is 34.1. The first kappa shape index (κ1) is 74.1. The Bertz CT molecular complexity index is 1250. The molecule has 0 aromatic carbocycles. The average molecular weight is 1090 g/mol. The fourth-order valence-electron chi connectivity index (χ4n) is 9.79. The van der Waals surface area contributed by atoms with Gasteiger partial charge in [0.15, 0.2) is 0 Å². The van der Waals surface area contributed by atoms with Gasteiger partial charge in [0, 0.05) is 37.3 Å². The Balaban J connectivity index is 5.19. The van der Waals surface area contributed by atoms with E-state index in [2.05, 4.69) is 42.0 Å². The minimum Gasteiger partial charge on any atom is -0.462 e. The fraction of sp³-hybridized carbons (Fsp3) is 0.938. The van der Waals surface area contributed by atoms with Crippen molar-refractivity contribution in [2.75, 3.05) is 57.4 Å². The van der Waals surface area contributed by atoms with Crippen LogP contribution in [0.3, 0.4) is 0 Å². The number of nitrogens with two attached hydrogens (primary N) is 1. The molecule has 2 amide bonds. The van der Waals surface area contributed by atoms with Gasteiger partial charge in [-0.2, -0.15) is 11.8 Å². The topological polar surface area (TPSA) is 161 Å². The number of esters is 2. The number of ether oxygens (including phenoxy) is 2. The van der Waals surface area contributed by atoms with Crippen LogP contribution in [0.15, 0.2) is 0 Å². The summed E-state index contributed by atoms with van der Waals surface area (Å²) in [6.45, 7) is 11.7. The molecule has 6 N–H and O–H groups in total. The van der Waals surface area contributed by atoms with Crippen LogP contribution in [0.1, 0.15) is 316 Å². The van der Waals surface area contributed by atoms with E-state index in [9.17, 15) is 19.2 Å². The summed E-state index contributed by atoms with van der Waals surface area (Å²) >= 11 is 1.46. The molecule has 0 fully saturated rings. The Morgan fingerprint density at radius 1 is 0.395 bits per heavy atom.